The number of aliphatic carboxylic acids is 2. The molecule has 0 aromatic heterocycles. The lowest BCUT2D eigenvalue weighted by molar-refractivity contribution is -0.135. The summed E-state index contributed by atoms with van der Waals surface area (Å²) in [6, 6.07) is 0. The van der Waals surface area contributed by atoms with Crippen molar-refractivity contribution >= 4 is 11.9 Å². The van der Waals surface area contributed by atoms with Crippen LogP contribution in [0.1, 0.15) is 13.8 Å². The van der Waals surface area contributed by atoms with Gasteiger partial charge in [-0.2, -0.15) is 0 Å². The molecule has 0 fully saturated rings. The van der Waals surface area contributed by atoms with E-state index in [2.05, 4.69) is 4.74 Å². The lowest BCUT2D eigenvalue weighted by Gasteiger charge is -2.05. The maximum absolute atomic E-state index is 9.00. The molecule has 92 valence electrons. The lowest BCUT2D eigenvalue weighted by atomic mass is 10.4. The second-order valence-corrected chi connectivity index (χ2v) is 2.26. The maximum Gasteiger partial charge on any atom is 0.300 e. The molecule has 0 saturated carbocycles. The predicted molar refractivity (Wildman–Crippen MR) is 51.6 cm³/mol. The number of carboxylic acid groups (broad SMARTS) is 2. The summed E-state index contributed by atoms with van der Waals surface area (Å²) in [4.78, 5) is 18.0. The van der Waals surface area contributed by atoms with E-state index in [0.717, 1.165) is 13.8 Å². The van der Waals surface area contributed by atoms with E-state index in [1.165, 1.54) is 7.11 Å². The van der Waals surface area contributed by atoms with Crippen molar-refractivity contribution in [1.29, 1.82) is 0 Å². The van der Waals surface area contributed by atoms with E-state index in [9.17, 15) is 0 Å². The van der Waals surface area contributed by atoms with Gasteiger partial charge in [-0.05, 0) is 0 Å². The minimum absolute atomic E-state index is 0.118. The molecule has 4 N–H and O–H groups in total. The molecular formula is C8H18O7. The number of hydrogen-bond acceptors (Lipinski definition) is 5. The molecule has 0 atom stereocenters. The highest BCUT2D eigenvalue weighted by Crippen LogP contribution is 1.82. The van der Waals surface area contributed by atoms with Crippen molar-refractivity contribution in [3.8, 4) is 0 Å². The number of aliphatic hydroxyl groups is 2. The Bertz CT molecular complexity index is 128. The highest BCUT2D eigenvalue weighted by atomic mass is 16.5. The predicted octanol–water partition coefficient (Wildman–Crippen LogP) is -0.832. The molecule has 0 unspecified atom stereocenters. The molecule has 7 nitrogen and oxygen atoms in total. The van der Waals surface area contributed by atoms with Gasteiger partial charge in [0.25, 0.3) is 11.9 Å². The number of carbonyl (C=O) groups is 2. The average molecular weight is 226 g/mol. The van der Waals surface area contributed by atoms with Crippen molar-refractivity contribution in [2.24, 2.45) is 0 Å². The Kier molecular flexibility index (Phi) is 19.8. The summed E-state index contributed by atoms with van der Waals surface area (Å²) in [7, 11) is 1.44. The van der Waals surface area contributed by atoms with Gasteiger partial charge in [-0.15, -0.1) is 0 Å². The van der Waals surface area contributed by atoms with Crippen molar-refractivity contribution in [1.82, 2.24) is 0 Å². The number of ether oxygens (including phenoxy) is 1. The van der Waals surface area contributed by atoms with Gasteiger partial charge < -0.3 is 25.2 Å². The number of methoxy groups -OCH3 is 1. The van der Waals surface area contributed by atoms with Gasteiger partial charge in [-0.25, -0.2) is 0 Å². The van der Waals surface area contributed by atoms with Crippen molar-refractivity contribution in [3.05, 3.63) is 0 Å². The number of rotatable bonds is 3. The second kappa shape index (κ2) is 15.3. The molecule has 15 heavy (non-hydrogen) atoms. The normalized spacial score (nSPS) is 8.13. The summed E-state index contributed by atoms with van der Waals surface area (Å²) >= 11 is 0. The first-order valence-electron chi connectivity index (χ1n) is 3.95. The molecule has 0 aromatic rings. The standard InChI is InChI=1S/C4H10O3.2C2H4O2/c1-7-4(2-5)3-6;2*1-2(3)4/h4-6H,2-3H2,1H3;2*1H3,(H,3,4). The van der Waals surface area contributed by atoms with E-state index >= 15 is 0 Å². The highest BCUT2D eigenvalue weighted by Gasteiger charge is 1.99. The van der Waals surface area contributed by atoms with Crippen molar-refractivity contribution < 1.29 is 34.8 Å². The molecule has 0 bridgehead atoms. The molecule has 0 aliphatic heterocycles. The van der Waals surface area contributed by atoms with Crippen LogP contribution in [0.15, 0.2) is 0 Å². The maximum atomic E-state index is 9.00. The van der Waals surface area contributed by atoms with Crippen LogP contribution in [0, 0.1) is 0 Å². The van der Waals surface area contributed by atoms with Crippen LogP contribution in [0.25, 0.3) is 0 Å². The first-order valence-corrected chi connectivity index (χ1v) is 3.95. The zero-order valence-electron chi connectivity index (χ0n) is 9.01. The minimum atomic E-state index is -0.833. The topological polar surface area (TPSA) is 124 Å². The molecule has 0 aliphatic rings. The Morgan fingerprint density at radius 2 is 1.27 bits per heavy atom. The molecule has 0 heterocycles. The van der Waals surface area contributed by atoms with Gasteiger partial charge in [0.2, 0.25) is 0 Å². The van der Waals surface area contributed by atoms with E-state index in [4.69, 9.17) is 30.0 Å². The third-order valence-corrected chi connectivity index (χ3v) is 0.741. The van der Waals surface area contributed by atoms with Gasteiger partial charge in [0.05, 0.1) is 13.2 Å². The quantitative estimate of drug-likeness (QED) is 0.495. The molecule has 7 heteroatoms. The second-order valence-electron chi connectivity index (χ2n) is 2.26. The summed E-state index contributed by atoms with van der Waals surface area (Å²) < 4.78 is 4.55. The van der Waals surface area contributed by atoms with Crippen LogP contribution >= 0.6 is 0 Å². The van der Waals surface area contributed by atoms with Crippen molar-refractivity contribution in [2.75, 3.05) is 20.3 Å². The average Bonchev–Trinajstić information content (AvgIpc) is 2.05. The Morgan fingerprint density at radius 3 is 1.27 bits per heavy atom. The van der Waals surface area contributed by atoms with Crippen LogP contribution in [0.3, 0.4) is 0 Å². The molecule has 0 aliphatic carbocycles. The summed E-state index contributed by atoms with van der Waals surface area (Å²) in [6.45, 7) is 1.93. The molecule has 0 amide bonds. The van der Waals surface area contributed by atoms with Gasteiger partial charge in [-0.3, -0.25) is 9.59 Å². The van der Waals surface area contributed by atoms with E-state index in [1.807, 2.05) is 0 Å². The fraction of sp³-hybridized carbons (Fsp3) is 0.750. The third kappa shape index (κ3) is 64.6. The largest absolute Gasteiger partial charge is 0.481 e. The fourth-order valence-corrected chi connectivity index (χ4v) is 0.207. The summed E-state index contributed by atoms with van der Waals surface area (Å²) in [5.74, 6) is -1.67. The number of aliphatic hydroxyl groups excluding tert-OH is 2. The van der Waals surface area contributed by atoms with E-state index in [0.29, 0.717) is 0 Å². The zero-order valence-corrected chi connectivity index (χ0v) is 9.01. The van der Waals surface area contributed by atoms with Gasteiger partial charge >= 0.3 is 0 Å². The SMILES string of the molecule is CC(=O)O.CC(=O)O.COC(CO)CO. The molecular weight excluding hydrogens is 208 g/mol. The van der Waals surface area contributed by atoms with Gasteiger partial charge in [0.15, 0.2) is 0 Å². The molecule has 0 saturated heterocycles. The summed E-state index contributed by atoms with van der Waals surface area (Å²) in [6.07, 6.45) is -0.403. The highest BCUT2D eigenvalue weighted by molar-refractivity contribution is 5.63. The third-order valence-electron chi connectivity index (χ3n) is 0.741. The molecule has 0 aromatic carbocycles. The van der Waals surface area contributed by atoms with Gasteiger partial charge in [-0.1, -0.05) is 0 Å². The molecule has 0 spiro atoms. The van der Waals surface area contributed by atoms with Crippen molar-refractivity contribution in [3.63, 3.8) is 0 Å². The van der Waals surface area contributed by atoms with E-state index in [-0.39, 0.29) is 13.2 Å². The van der Waals surface area contributed by atoms with Crippen LogP contribution in [-0.2, 0) is 14.3 Å². The van der Waals surface area contributed by atoms with Crippen LogP contribution in [0.4, 0.5) is 0 Å². The smallest absolute Gasteiger partial charge is 0.300 e. The zero-order chi connectivity index (χ0) is 12.9. The Hall–Kier alpha value is -1.18. The number of carboxylic acids is 2. The first-order chi connectivity index (χ1) is 6.81. The van der Waals surface area contributed by atoms with Gasteiger partial charge in [0.1, 0.15) is 6.10 Å². The summed E-state index contributed by atoms with van der Waals surface area (Å²) in [5.41, 5.74) is 0. The van der Waals surface area contributed by atoms with E-state index < -0.39 is 18.0 Å². The van der Waals surface area contributed by atoms with Crippen LogP contribution in [-0.4, -0.2) is 58.8 Å². The van der Waals surface area contributed by atoms with E-state index in [1.54, 1.807) is 0 Å². The first kappa shape index (κ1) is 19.4. The Balaban J connectivity index is -0.000000155. The van der Waals surface area contributed by atoms with Crippen LogP contribution in [0.2, 0.25) is 0 Å². The van der Waals surface area contributed by atoms with Crippen LogP contribution in [0.5, 0.6) is 0 Å². The minimum Gasteiger partial charge on any atom is -0.481 e. The monoisotopic (exact) mass is 226 g/mol. The molecule has 0 rings (SSSR count). The molecule has 0 radical (unpaired) electrons. The fourth-order valence-electron chi connectivity index (χ4n) is 0.207. The summed E-state index contributed by atoms with van der Waals surface area (Å²) in [5, 5.41) is 31.3. The van der Waals surface area contributed by atoms with Crippen LogP contribution < -0.4 is 0 Å². The number of hydrogen-bond donors (Lipinski definition) is 4. The lowest BCUT2D eigenvalue weighted by Crippen LogP contribution is -2.19. The Labute approximate surface area is 87.9 Å². The van der Waals surface area contributed by atoms with Crippen molar-refractivity contribution in [2.45, 2.75) is 20.0 Å². The Morgan fingerprint density at radius 1 is 1.07 bits per heavy atom. The van der Waals surface area contributed by atoms with Gasteiger partial charge in [0, 0.05) is 21.0 Å².